The van der Waals surface area contributed by atoms with Crippen LogP contribution in [0.4, 0.5) is 4.79 Å². The summed E-state index contributed by atoms with van der Waals surface area (Å²) in [5, 5.41) is 14.4. The number of aliphatic hydroxyl groups excluding tert-OH is 1. The van der Waals surface area contributed by atoms with E-state index < -0.39 is 27.8 Å². The minimum absolute atomic E-state index is 0.0115. The Balaban J connectivity index is 1.32. The summed E-state index contributed by atoms with van der Waals surface area (Å²) >= 11 is 1.34. The fourth-order valence-corrected chi connectivity index (χ4v) is 7.98. The van der Waals surface area contributed by atoms with Gasteiger partial charge in [0.1, 0.15) is 5.60 Å². The third-order valence-electron chi connectivity index (χ3n) is 8.03. The van der Waals surface area contributed by atoms with Crippen LogP contribution >= 0.6 is 11.8 Å². The number of nitrogens with one attached hydrogen (secondary N) is 1. The number of fused-ring (bicyclic) bond motifs is 1. The molecule has 50 heavy (non-hydrogen) atoms. The molecule has 2 heterocycles. The molecule has 0 aliphatic carbocycles. The van der Waals surface area contributed by atoms with E-state index in [-0.39, 0.29) is 67.2 Å². The fraction of sp³-hybridized carbons (Fsp3) is 0.571. The van der Waals surface area contributed by atoms with E-state index >= 15 is 0 Å². The minimum Gasteiger partial charge on any atom is -0.454 e. The van der Waals surface area contributed by atoms with Crippen LogP contribution in [0.1, 0.15) is 46.6 Å². The average Bonchev–Trinajstić information content (AvgIpc) is 3.54. The van der Waals surface area contributed by atoms with Gasteiger partial charge in [-0.1, -0.05) is 44.2 Å². The Bertz CT molecular complexity index is 1560. The van der Waals surface area contributed by atoms with E-state index in [0.717, 1.165) is 5.56 Å². The third-order valence-corrected chi connectivity index (χ3v) is 10.8. The molecule has 2 aliphatic rings. The van der Waals surface area contributed by atoms with Crippen LogP contribution in [-0.4, -0.2) is 121 Å². The van der Waals surface area contributed by atoms with Crippen molar-refractivity contribution in [3.63, 3.8) is 0 Å². The molecule has 4 rings (SSSR count). The number of carbonyl (C=O) groups is 3. The van der Waals surface area contributed by atoms with E-state index in [9.17, 15) is 27.9 Å². The van der Waals surface area contributed by atoms with Crippen molar-refractivity contribution >= 4 is 39.7 Å². The normalized spacial score (nSPS) is 16.0. The van der Waals surface area contributed by atoms with Crippen molar-refractivity contribution in [2.75, 3.05) is 57.6 Å². The van der Waals surface area contributed by atoms with Crippen molar-refractivity contribution in [2.24, 2.45) is 5.92 Å². The Kier molecular flexibility index (Phi) is 13.8. The number of piperazine rings is 1. The van der Waals surface area contributed by atoms with Gasteiger partial charge in [-0.2, -0.15) is 16.1 Å². The van der Waals surface area contributed by atoms with Gasteiger partial charge >= 0.3 is 6.09 Å². The molecular formula is C35H50N4O9S2. The van der Waals surface area contributed by atoms with E-state index in [2.05, 4.69) is 5.32 Å². The van der Waals surface area contributed by atoms with Crippen LogP contribution in [0.2, 0.25) is 0 Å². The molecule has 0 radical (unpaired) electrons. The molecule has 2 N–H and O–H groups in total. The summed E-state index contributed by atoms with van der Waals surface area (Å²) in [5.74, 6) is 0.952. The SMILES string of the molecule is CC(C)CN(C[C@@H](O)[C@H](Cc1ccccc1)NC(=O)CCSCC(=O)N1CCN(C(=O)OC(C)(C)C)CC1)S(=O)(=O)c1ccc2c(c1)OCO2. The minimum atomic E-state index is -4.04. The summed E-state index contributed by atoms with van der Waals surface area (Å²) < 4.78 is 45.0. The first-order chi connectivity index (χ1) is 23.6. The molecule has 0 unspecified atom stereocenters. The van der Waals surface area contributed by atoms with Gasteiger partial charge in [-0.25, -0.2) is 13.2 Å². The Morgan fingerprint density at radius 3 is 2.30 bits per heavy atom. The number of hydrogen-bond acceptors (Lipinski definition) is 10. The van der Waals surface area contributed by atoms with E-state index in [1.54, 1.807) is 15.9 Å². The number of carbonyl (C=O) groups excluding carboxylic acids is 3. The van der Waals surface area contributed by atoms with Crippen LogP contribution < -0.4 is 14.8 Å². The molecule has 1 fully saturated rings. The van der Waals surface area contributed by atoms with Gasteiger partial charge in [0.25, 0.3) is 0 Å². The molecule has 15 heteroatoms. The summed E-state index contributed by atoms with van der Waals surface area (Å²) in [6.07, 6.45) is -1.23. The molecule has 3 amide bonds. The Morgan fingerprint density at radius 1 is 0.980 bits per heavy atom. The van der Waals surface area contributed by atoms with E-state index in [1.165, 1.54) is 28.2 Å². The average molecular weight is 735 g/mol. The summed E-state index contributed by atoms with van der Waals surface area (Å²) in [6.45, 7) is 10.8. The van der Waals surface area contributed by atoms with Gasteiger partial charge in [0.2, 0.25) is 28.6 Å². The van der Waals surface area contributed by atoms with Crippen molar-refractivity contribution in [3.8, 4) is 11.5 Å². The fourth-order valence-electron chi connectivity index (χ4n) is 5.51. The molecule has 276 valence electrons. The van der Waals surface area contributed by atoms with Gasteiger partial charge in [-0.3, -0.25) is 9.59 Å². The molecule has 2 atom stereocenters. The monoisotopic (exact) mass is 734 g/mol. The highest BCUT2D eigenvalue weighted by Gasteiger charge is 2.33. The lowest BCUT2D eigenvalue weighted by molar-refractivity contribution is -0.130. The van der Waals surface area contributed by atoms with Crippen LogP contribution in [0.5, 0.6) is 11.5 Å². The number of hydrogen-bond donors (Lipinski definition) is 2. The van der Waals surface area contributed by atoms with Crippen LogP contribution in [0.25, 0.3) is 0 Å². The predicted molar refractivity (Wildman–Crippen MR) is 191 cm³/mol. The highest BCUT2D eigenvalue weighted by atomic mass is 32.2. The van der Waals surface area contributed by atoms with Crippen LogP contribution in [0, 0.1) is 5.92 Å². The lowest BCUT2D eigenvalue weighted by atomic mass is 10.0. The third kappa shape index (κ3) is 11.5. The van der Waals surface area contributed by atoms with Gasteiger partial charge in [0, 0.05) is 57.5 Å². The number of amides is 3. The lowest BCUT2D eigenvalue weighted by Gasteiger charge is -2.35. The van der Waals surface area contributed by atoms with Gasteiger partial charge in [-0.15, -0.1) is 0 Å². The number of benzene rings is 2. The van der Waals surface area contributed by atoms with Gasteiger partial charge in [-0.05, 0) is 50.8 Å². The van der Waals surface area contributed by atoms with Gasteiger partial charge in [0.15, 0.2) is 11.5 Å². The smallest absolute Gasteiger partial charge is 0.410 e. The second-order valence-corrected chi connectivity index (χ2v) is 16.9. The largest absolute Gasteiger partial charge is 0.454 e. The molecule has 0 saturated carbocycles. The molecule has 1 saturated heterocycles. The number of thioether (sulfide) groups is 1. The molecule has 0 bridgehead atoms. The van der Waals surface area contributed by atoms with Crippen molar-refractivity contribution in [1.29, 1.82) is 0 Å². The number of nitrogens with zero attached hydrogens (tertiary/aromatic N) is 3. The molecule has 2 aliphatic heterocycles. The van der Waals surface area contributed by atoms with Crippen molar-refractivity contribution in [2.45, 2.75) is 70.1 Å². The first-order valence-electron chi connectivity index (χ1n) is 16.9. The van der Waals surface area contributed by atoms with Crippen molar-refractivity contribution in [1.82, 2.24) is 19.4 Å². The zero-order valence-corrected chi connectivity index (χ0v) is 31.1. The first kappa shape index (κ1) is 39.3. The standard InChI is InChI=1S/C35H50N4O9S2/c1-25(2)21-39(50(44,45)27-11-12-30-31(20-27)47-24-46-30)22-29(40)28(19-26-9-7-6-8-10-26)36-32(41)13-18-49-23-33(42)37-14-16-38(17-15-37)34(43)48-35(3,4)5/h6-12,20,25,28-29,40H,13-19,21-24H2,1-5H3,(H,36,41)/t28-,29+/m0/s1. The number of aliphatic hydroxyl groups is 1. The summed E-state index contributed by atoms with van der Waals surface area (Å²) in [5.41, 5.74) is 0.286. The van der Waals surface area contributed by atoms with Crippen molar-refractivity contribution < 1.29 is 42.1 Å². The summed E-state index contributed by atoms with van der Waals surface area (Å²) in [6, 6.07) is 13.0. The maximum Gasteiger partial charge on any atom is 0.410 e. The van der Waals surface area contributed by atoms with Crippen molar-refractivity contribution in [3.05, 3.63) is 54.1 Å². The van der Waals surface area contributed by atoms with E-state index in [0.29, 0.717) is 43.4 Å². The molecule has 2 aromatic rings. The first-order valence-corrected chi connectivity index (χ1v) is 19.5. The van der Waals surface area contributed by atoms with Crippen LogP contribution in [0.3, 0.4) is 0 Å². The van der Waals surface area contributed by atoms with Crippen LogP contribution in [0.15, 0.2) is 53.4 Å². The van der Waals surface area contributed by atoms with Gasteiger partial charge in [0.05, 0.1) is 22.8 Å². The zero-order valence-electron chi connectivity index (χ0n) is 29.5. The highest BCUT2D eigenvalue weighted by molar-refractivity contribution is 7.99. The Labute approximate surface area is 299 Å². The topological polar surface area (TPSA) is 155 Å². The van der Waals surface area contributed by atoms with E-state index in [1.807, 2.05) is 65.0 Å². The molecular weight excluding hydrogens is 685 g/mol. The molecule has 0 aromatic heterocycles. The predicted octanol–water partition coefficient (Wildman–Crippen LogP) is 3.35. The zero-order chi connectivity index (χ0) is 36.5. The molecule has 2 aromatic carbocycles. The number of rotatable bonds is 15. The van der Waals surface area contributed by atoms with E-state index in [4.69, 9.17) is 14.2 Å². The quantitative estimate of drug-likeness (QED) is 0.261. The second-order valence-electron chi connectivity index (χ2n) is 13.8. The maximum absolute atomic E-state index is 13.8. The Morgan fingerprint density at radius 2 is 1.64 bits per heavy atom. The molecule has 0 spiro atoms. The number of sulfonamides is 1. The number of ether oxygens (including phenoxy) is 3. The summed E-state index contributed by atoms with van der Waals surface area (Å²) in [7, 11) is -4.04. The lowest BCUT2D eigenvalue weighted by Crippen LogP contribution is -2.52. The van der Waals surface area contributed by atoms with Crippen LogP contribution in [-0.2, 0) is 30.8 Å². The van der Waals surface area contributed by atoms with Gasteiger partial charge < -0.3 is 34.4 Å². The molecule has 13 nitrogen and oxygen atoms in total. The second kappa shape index (κ2) is 17.6. The summed E-state index contributed by atoms with van der Waals surface area (Å²) in [4.78, 5) is 41.6. The highest BCUT2D eigenvalue weighted by Crippen LogP contribution is 2.35. The maximum atomic E-state index is 13.8. The Hall–Kier alpha value is -3.53.